The quantitative estimate of drug-likeness (QED) is 0.744. The van der Waals surface area contributed by atoms with Gasteiger partial charge in [0.05, 0.1) is 12.0 Å². The lowest BCUT2D eigenvalue weighted by molar-refractivity contribution is -0.142. The van der Waals surface area contributed by atoms with Gasteiger partial charge in [-0.1, -0.05) is 13.3 Å². The number of rotatable bonds is 5. The molecule has 0 aromatic carbocycles. The lowest BCUT2D eigenvalue weighted by Crippen LogP contribution is -2.45. The van der Waals surface area contributed by atoms with Crippen molar-refractivity contribution in [2.75, 3.05) is 0 Å². The molecule has 26 heavy (non-hydrogen) atoms. The Morgan fingerprint density at radius 1 is 1.19 bits per heavy atom. The predicted molar refractivity (Wildman–Crippen MR) is 95.7 cm³/mol. The number of carbonyl (C=O) groups excluding carboxylic acids is 1. The number of hydrogen-bond acceptors (Lipinski definition) is 4. The molecule has 1 aliphatic heterocycles. The Bertz CT molecular complexity index is 637. The zero-order valence-corrected chi connectivity index (χ0v) is 15.4. The van der Waals surface area contributed by atoms with E-state index >= 15 is 0 Å². The minimum atomic E-state index is -0.730. The highest BCUT2D eigenvalue weighted by molar-refractivity contribution is 5.75. The number of urea groups is 1. The second-order valence-corrected chi connectivity index (χ2v) is 7.40. The van der Waals surface area contributed by atoms with Gasteiger partial charge in [-0.25, -0.2) is 4.79 Å². The topological polar surface area (TPSA) is 109 Å². The van der Waals surface area contributed by atoms with Crippen LogP contribution in [0.25, 0.3) is 0 Å². The number of aryl methyl sites for hydroxylation is 1. The average molecular weight is 363 g/mol. The number of nitrogens with zero attached hydrogens (tertiary/aromatic N) is 3. The van der Waals surface area contributed by atoms with E-state index in [4.69, 9.17) is 5.11 Å². The van der Waals surface area contributed by atoms with Crippen LogP contribution in [-0.4, -0.2) is 37.9 Å². The summed E-state index contributed by atoms with van der Waals surface area (Å²) >= 11 is 0. The predicted octanol–water partition coefficient (Wildman–Crippen LogP) is 2.40. The first-order chi connectivity index (χ1) is 12.6. The van der Waals surface area contributed by atoms with Gasteiger partial charge in [-0.3, -0.25) is 4.79 Å². The van der Waals surface area contributed by atoms with Gasteiger partial charge in [0.25, 0.3) is 0 Å². The van der Waals surface area contributed by atoms with Crippen molar-refractivity contribution in [3.8, 4) is 0 Å². The van der Waals surface area contributed by atoms with Gasteiger partial charge in [0.15, 0.2) is 5.82 Å². The third kappa shape index (κ3) is 4.34. The molecular weight excluding hydrogens is 334 g/mol. The molecule has 3 rings (SSSR count). The molecule has 8 nitrogen and oxygen atoms in total. The minimum absolute atomic E-state index is 0.0404. The number of carboxylic acids is 1. The van der Waals surface area contributed by atoms with Crippen LogP contribution in [0.3, 0.4) is 0 Å². The van der Waals surface area contributed by atoms with Gasteiger partial charge in [0.1, 0.15) is 5.82 Å². The smallest absolute Gasteiger partial charge is 0.315 e. The maximum atomic E-state index is 12.4. The number of fused-ring (bicyclic) bond motifs is 1. The van der Waals surface area contributed by atoms with Crippen LogP contribution >= 0.6 is 0 Å². The van der Waals surface area contributed by atoms with Crippen LogP contribution in [0.4, 0.5) is 4.79 Å². The van der Waals surface area contributed by atoms with Crippen molar-refractivity contribution in [2.45, 2.75) is 83.3 Å². The number of carboxylic acid groups (broad SMARTS) is 1. The number of nitrogens with one attached hydrogen (secondary N) is 2. The van der Waals surface area contributed by atoms with Gasteiger partial charge in [0.2, 0.25) is 0 Å². The first kappa shape index (κ1) is 18.7. The summed E-state index contributed by atoms with van der Waals surface area (Å²) in [6.45, 7) is 2.94. The molecule has 0 saturated heterocycles. The summed E-state index contributed by atoms with van der Waals surface area (Å²) in [7, 11) is 0. The lowest BCUT2D eigenvalue weighted by atomic mass is 9.86. The molecule has 1 unspecified atom stereocenters. The third-order valence-corrected chi connectivity index (χ3v) is 5.57. The summed E-state index contributed by atoms with van der Waals surface area (Å²) in [6.07, 6.45) is 7.81. The Morgan fingerprint density at radius 2 is 1.96 bits per heavy atom. The normalized spacial score (nSPS) is 24.2. The van der Waals surface area contributed by atoms with Gasteiger partial charge >= 0.3 is 12.0 Å². The van der Waals surface area contributed by atoms with Crippen LogP contribution in [-0.2, 0) is 17.8 Å². The van der Waals surface area contributed by atoms with Crippen LogP contribution in [0, 0.1) is 5.92 Å². The van der Waals surface area contributed by atoms with Crippen molar-refractivity contribution in [3.63, 3.8) is 0 Å². The number of carbonyl (C=O) groups is 2. The lowest BCUT2D eigenvalue weighted by Gasteiger charge is -2.27. The average Bonchev–Trinajstić information content (AvgIpc) is 2.88. The van der Waals surface area contributed by atoms with E-state index in [1.807, 2.05) is 6.92 Å². The van der Waals surface area contributed by atoms with Crippen molar-refractivity contribution < 1.29 is 14.7 Å². The van der Waals surface area contributed by atoms with E-state index in [-0.39, 0.29) is 24.0 Å². The van der Waals surface area contributed by atoms with E-state index in [0.717, 1.165) is 43.9 Å². The second kappa shape index (κ2) is 8.51. The maximum Gasteiger partial charge on any atom is 0.315 e. The van der Waals surface area contributed by atoms with Crippen molar-refractivity contribution in [3.05, 3.63) is 11.6 Å². The molecule has 1 aliphatic carbocycles. The molecule has 8 heteroatoms. The van der Waals surface area contributed by atoms with Crippen LogP contribution in [0.5, 0.6) is 0 Å². The molecule has 3 N–H and O–H groups in total. The van der Waals surface area contributed by atoms with E-state index in [2.05, 4.69) is 25.4 Å². The number of aliphatic carboxylic acids is 1. The van der Waals surface area contributed by atoms with Gasteiger partial charge < -0.3 is 20.3 Å². The maximum absolute atomic E-state index is 12.4. The Labute approximate surface area is 153 Å². The fourth-order valence-electron chi connectivity index (χ4n) is 3.98. The summed E-state index contributed by atoms with van der Waals surface area (Å²) in [6, 6.07) is -0.329. The largest absolute Gasteiger partial charge is 0.481 e. The molecule has 1 atom stereocenters. The summed E-state index contributed by atoms with van der Waals surface area (Å²) in [5.74, 6) is 0.858. The molecule has 2 aliphatic rings. The highest BCUT2D eigenvalue weighted by atomic mass is 16.4. The van der Waals surface area contributed by atoms with E-state index in [9.17, 15) is 9.59 Å². The third-order valence-electron chi connectivity index (χ3n) is 5.57. The van der Waals surface area contributed by atoms with E-state index < -0.39 is 5.97 Å². The molecule has 1 fully saturated rings. The zero-order valence-electron chi connectivity index (χ0n) is 15.4. The Kier molecular flexibility index (Phi) is 6.11. The van der Waals surface area contributed by atoms with Crippen molar-refractivity contribution in [1.82, 2.24) is 25.4 Å². The summed E-state index contributed by atoms with van der Waals surface area (Å²) in [4.78, 5) is 23.5. The van der Waals surface area contributed by atoms with E-state index in [1.165, 1.54) is 6.42 Å². The Balaban J connectivity index is 1.56. The molecule has 1 saturated carbocycles. The number of amides is 2. The highest BCUT2D eigenvalue weighted by Crippen LogP contribution is 2.25. The van der Waals surface area contributed by atoms with Gasteiger partial charge in [-0.15, -0.1) is 10.2 Å². The van der Waals surface area contributed by atoms with Crippen molar-refractivity contribution in [2.24, 2.45) is 5.92 Å². The first-order valence-corrected chi connectivity index (χ1v) is 9.80. The van der Waals surface area contributed by atoms with E-state index in [1.54, 1.807) is 0 Å². The summed E-state index contributed by atoms with van der Waals surface area (Å²) < 4.78 is 2.17. The Morgan fingerprint density at radius 3 is 2.65 bits per heavy atom. The standard InChI is InChI=1S/C18H29N5O3/c1-2-14(16-22-21-15-6-4-3-5-11-23(15)16)20-18(26)19-13-9-7-12(8-10-13)17(24)25/h12-14H,2-11H2,1H3,(H,24,25)(H2,19,20,26). The molecule has 2 heterocycles. The SMILES string of the molecule is CCC(NC(=O)NC1CCC(C(=O)O)CC1)c1nnc2n1CCCCC2. The van der Waals surface area contributed by atoms with Crippen molar-refractivity contribution in [1.29, 1.82) is 0 Å². The van der Waals surface area contributed by atoms with Gasteiger partial charge in [-0.05, 0) is 44.9 Å². The number of hydrogen-bond donors (Lipinski definition) is 3. The zero-order chi connectivity index (χ0) is 18.5. The van der Waals surface area contributed by atoms with Crippen LogP contribution in [0.15, 0.2) is 0 Å². The van der Waals surface area contributed by atoms with Gasteiger partial charge in [-0.2, -0.15) is 0 Å². The fraction of sp³-hybridized carbons (Fsp3) is 0.778. The molecule has 144 valence electrons. The molecule has 1 aromatic heterocycles. The highest BCUT2D eigenvalue weighted by Gasteiger charge is 2.28. The fourth-order valence-corrected chi connectivity index (χ4v) is 3.98. The van der Waals surface area contributed by atoms with Crippen molar-refractivity contribution >= 4 is 12.0 Å². The monoisotopic (exact) mass is 363 g/mol. The molecule has 0 bridgehead atoms. The molecule has 0 radical (unpaired) electrons. The summed E-state index contributed by atoms with van der Waals surface area (Å²) in [5.41, 5.74) is 0. The summed E-state index contributed by atoms with van der Waals surface area (Å²) in [5, 5.41) is 23.8. The minimum Gasteiger partial charge on any atom is -0.481 e. The molecule has 2 amide bonds. The van der Waals surface area contributed by atoms with E-state index in [0.29, 0.717) is 25.7 Å². The molecule has 1 aromatic rings. The van der Waals surface area contributed by atoms with Gasteiger partial charge in [0, 0.05) is 19.0 Å². The Hall–Kier alpha value is -2.12. The molecule has 0 spiro atoms. The number of aromatic nitrogens is 3. The van der Waals surface area contributed by atoms with Crippen LogP contribution in [0.2, 0.25) is 0 Å². The van der Waals surface area contributed by atoms with Crippen LogP contribution in [0.1, 0.15) is 76.0 Å². The van der Waals surface area contributed by atoms with Crippen LogP contribution < -0.4 is 10.6 Å². The molecular formula is C18H29N5O3. The first-order valence-electron chi connectivity index (χ1n) is 9.80. The second-order valence-electron chi connectivity index (χ2n) is 7.40.